The van der Waals surface area contributed by atoms with Gasteiger partial charge in [-0.25, -0.2) is 0 Å². The molecular formula is C10H8BrClS. The normalized spacial score (nSPS) is 11.0. The molecular weight excluding hydrogens is 268 g/mol. The van der Waals surface area contributed by atoms with Crippen molar-refractivity contribution >= 4 is 49.0 Å². The summed E-state index contributed by atoms with van der Waals surface area (Å²) in [6.07, 6.45) is 1.01. The Morgan fingerprint density at radius 2 is 2.23 bits per heavy atom. The van der Waals surface area contributed by atoms with E-state index < -0.39 is 0 Å². The first kappa shape index (κ1) is 9.50. The van der Waals surface area contributed by atoms with E-state index in [1.807, 2.05) is 6.07 Å². The zero-order valence-electron chi connectivity index (χ0n) is 7.10. The van der Waals surface area contributed by atoms with Gasteiger partial charge in [0.05, 0.1) is 5.02 Å². The molecule has 0 spiro atoms. The summed E-state index contributed by atoms with van der Waals surface area (Å²) in [6.45, 7) is 2.13. The van der Waals surface area contributed by atoms with Gasteiger partial charge in [0.15, 0.2) is 0 Å². The summed E-state index contributed by atoms with van der Waals surface area (Å²) in [4.78, 5) is 1.27. The highest BCUT2D eigenvalue weighted by Gasteiger charge is 2.08. The first-order valence-electron chi connectivity index (χ1n) is 4.08. The number of benzene rings is 1. The predicted octanol–water partition coefficient (Wildman–Crippen LogP) is 4.88. The van der Waals surface area contributed by atoms with Gasteiger partial charge < -0.3 is 0 Å². The summed E-state index contributed by atoms with van der Waals surface area (Å²) in [7, 11) is 0. The molecule has 2 aromatic rings. The standard InChI is InChI=1S/C10H8BrClS/c1-2-8-10(12)7-4-3-6(11)5-9(7)13-8/h3-5H,2H2,1H3. The van der Waals surface area contributed by atoms with Gasteiger partial charge in [-0.05, 0) is 18.6 Å². The monoisotopic (exact) mass is 274 g/mol. The summed E-state index contributed by atoms with van der Waals surface area (Å²) >= 11 is 11.4. The van der Waals surface area contributed by atoms with Gasteiger partial charge in [0.1, 0.15) is 0 Å². The van der Waals surface area contributed by atoms with Crippen molar-refractivity contribution in [2.45, 2.75) is 13.3 Å². The minimum atomic E-state index is 0.926. The zero-order valence-corrected chi connectivity index (χ0v) is 10.3. The van der Waals surface area contributed by atoms with E-state index in [0.717, 1.165) is 15.9 Å². The van der Waals surface area contributed by atoms with Crippen molar-refractivity contribution in [2.24, 2.45) is 0 Å². The van der Waals surface area contributed by atoms with Crippen molar-refractivity contribution in [3.63, 3.8) is 0 Å². The fourth-order valence-corrected chi connectivity index (χ4v) is 3.38. The molecule has 0 aliphatic rings. The Bertz CT molecular complexity index is 447. The second kappa shape index (κ2) is 3.60. The van der Waals surface area contributed by atoms with Gasteiger partial charge in [0.25, 0.3) is 0 Å². The van der Waals surface area contributed by atoms with Crippen LogP contribution in [-0.4, -0.2) is 0 Å². The van der Waals surface area contributed by atoms with E-state index in [2.05, 4.69) is 35.0 Å². The van der Waals surface area contributed by atoms with Gasteiger partial charge in [-0.1, -0.05) is 40.5 Å². The van der Waals surface area contributed by atoms with Crippen LogP contribution in [0.15, 0.2) is 22.7 Å². The van der Waals surface area contributed by atoms with E-state index in [1.54, 1.807) is 11.3 Å². The summed E-state index contributed by atoms with van der Waals surface area (Å²) in [5.41, 5.74) is 0. The van der Waals surface area contributed by atoms with E-state index in [4.69, 9.17) is 11.6 Å². The second-order valence-corrected chi connectivity index (χ2v) is 5.26. The minimum absolute atomic E-state index is 0.926. The SMILES string of the molecule is CCc1sc2cc(Br)ccc2c1Cl. The van der Waals surface area contributed by atoms with Crippen LogP contribution in [0.1, 0.15) is 11.8 Å². The topological polar surface area (TPSA) is 0 Å². The summed E-state index contributed by atoms with van der Waals surface area (Å²) < 4.78 is 2.37. The molecule has 0 saturated carbocycles. The van der Waals surface area contributed by atoms with Crippen molar-refractivity contribution in [3.8, 4) is 0 Å². The number of hydrogen-bond acceptors (Lipinski definition) is 1. The van der Waals surface area contributed by atoms with E-state index in [-0.39, 0.29) is 0 Å². The van der Waals surface area contributed by atoms with Crippen LogP contribution in [0.4, 0.5) is 0 Å². The van der Waals surface area contributed by atoms with Crippen LogP contribution >= 0.6 is 38.9 Å². The first-order chi connectivity index (χ1) is 6.22. The molecule has 3 heteroatoms. The average molecular weight is 276 g/mol. The van der Waals surface area contributed by atoms with Crippen LogP contribution in [0.3, 0.4) is 0 Å². The van der Waals surface area contributed by atoms with Crippen molar-refractivity contribution in [3.05, 3.63) is 32.6 Å². The zero-order chi connectivity index (χ0) is 9.42. The molecule has 68 valence electrons. The molecule has 0 atom stereocenters. The second-order valence-electron chi connectivity index (χ2n) is 2.83. The molecule has 0 nitrogen and oxygen atoms in total. The molecule has 0 unspecified atom stereocenters. The van der Waals surface area contributed by atoms with E-state index in [9.17, 15) is 0 Å². The lowest BCUT2D eigenvalue weighted by Gasteiger charge is -1.91. The lowest BCUT2D eigenvalue weighted by molar-refractivity contribution is 1.19. The highest BCUT2D eigenvalue weighted by atomic mass is 79.9. The third-order valence-electron chi connectivity index (χ3n) is 1.98. The van der Waals surface area contributed by atoms with Crippen LogP contribution < -0.4 is 0 Å². The number of rotatable bonds is 1. The molecule has 1 aromatic carbocycles. The van der Waals surface area contributed by atoms with E-state index in [0.29, 0.717) is 0 Å². The molecule has 13 heavy (non-hydrogen) atoms. The summed E-state index contributed by atoms with van der Waals surface area (Å²) in [5.74, 6) is 0. The molecule has 0 aliphatic heterocycles. The van der Waals surface area contributed by atoms with Gasteiger partial charge in [0.2, 0.25) is 0 Å². The highest BCUT2D eigenvalue weighted by molar-refractivity contribution is 9.10. The van der Waals surface area contributed by atoms with Gasteiger partial charge in [-0.3, -0.25) is 0 Å². The third-order valence-corrected chi connectivity index (χ3v) is 4.31. The van der Waals surface area contributed by atoms with Crippen molar-refractivity contribution in [1.82, 2.24) is 0 Å². The molecule has 0 amide bonds. The number of aryl methyl sites for hydroxylation is 1. The average Bonchev–Trinajstić information content (AvgIpc) is 2.42. The van der Waals surface area contributed by atoms with Crippen LogP contribution in [0.25, 0.3) is 10.1 Å². The van der Waals surface area contributed by atoms with Gasteiger partial charge >= 0.3 is 0 Å². The molecule has 0 aliphatic carbocycles. The van der Waals surface area contributed by atoms with Gasteiger partial charge in [-0.2, -0.15) is 0 Å². The van der Waals surface area contributed by atoms with Crippen LogP contribution in [-0.2, 0) is 6.42 Å². The summed E-state index contributed by atoms with van der Waals surface area (Å²) in [6, 6.07) is 6.21. The van der Waals surface area contributed by atoms with E-state index >= 15 is 0 Å². The molecule has 0 radical (unpaired) electrons. The molecule has 0 bridgehead atoms. The van der Waals surface area contributed by atoms with Crippen molar-refractivity contribution in [2.75, 3.05) is 0 Å². The largest absolute Gasteiger partial charge is 0.139 e. The maximum absolute atomic E-state index is 6.20. The van der Waals surface area contributed by atoms with Crippen LogP contribution in [0.2, 0.25) is 5.02 Å². The Morgan fingerprint density at radius 3 is 2.92 bits per heavy atom. The predicted molar refractivity (Wildman–Crippen MR) is 63.9 cm³/mol. The Hall–Kier alpha value is -0.0500. The van der Waals surface area contributed by atoms with Gasteiger partial charge in [-0.15, -0.1) is 11.3 Å². The molecule has 1 heterocycles. The molecule has 2 rings (SSSR count). The van der Waals surface area contributed by atoms with Gasteiger partial charge in [0, 0.05) is 19.4 Å². The fraction of sp³-hybridized carbons (Fsp3) is 0.200. The van der Waals surface area contributed by atoms with E-state index in [1.165, 1.54) is 15.0 Å². The number of fused-ring (bicyclic) bond motifs is 1. The maximum atomic E-state index is 6.20. The van der Waals surface area contributed by atoms with Crippen LogP contribution in [0, 0.1) is 0 Å². The third kappa shape index (κ3) is 1.63. The molecule has 0 fully saturated rings. The lowest BCUT2D eigenvalue weighted by atomic mass is 10.2. The summed E-state index contributed by atoms with van der Waals surface area (Å²) in [5, 5.41) is 2.10. The number of hydrogen-bond donors (Lipinski definition) is 0. The molecule has 1 aromatic heterocycles. The maximum Gasteiger partial charge on any atom is 0.0623 e. The molecule has 0 saturated heterocycles. The Morgan fingerprint density at radius 1 is 1.46 bits per heavy atom. The fourth-order valence-electron chi connectivity index (χ4n) is 1.32. The lowest BCUT2D eigenvalue weighted by Crippen LogP contribution is -1.70. The highest BCUT2D eigenvalue weighted by Crippen LogP contribution is 2.36. The van der Waals surface area contributed by atoms with Crippen molar-refractivity contribution < 1.29 is 0 Å². The Labute approximate surface area is 94.7 Å². The minimum Gasteiger partial charge on any atom is -0.139 e. The number of halogens is 2. The molecule has 0 N–H and O–H groups in total. The van der Waals surface area contributed by atoms with Crippen LogP contribution in [0.5, 0.6) is 0 Å². The van der Waals surface area contributed by atoms with Crippen molar-refractivity contribution in [1.29, 1.82) is 0 Å². The smallest absolute Gasteiger partial charge is 0.0623 e. The first-order valence-corrected chi connectivity index (χ1v) is 6.07. The number of thiophene rings is 1. The quantitative estimate of drug-likeness (QED) is 0.696. The Balaban J connectivity index is 2.76. The Kier molecular flexibility index (Phi) is 2.63.